The van der Waals surface area contributed by atoms with Crippen LogP contribution in [-0.2, 0) is 16.1 Å². The van der Waals surface area contributed by atoms with Gasteiger partial charge in [0.15, 0.2) is 0 Å². The number of hydrogen-bond acceptors (Lipinski definition) is 3. The van der Waals surface area contributed by atoms with Gasteiger partial charge in [-0.05, 0) is 11.1 Å². The lowest BCUT2D eigenvalue weighted by molar-refractivity contribution is -0.192. The molecular formula is C11H10F3NO4. The Morgan fingerprint density at radius 1 is 1.21 bits per heavy atom. The summed E-state index contributed by atoms with van der Waals surface area (Å²) in [6.07, 6.45) is -5.08. The zero-order valence-electron chi connectivity index (χ0n) is 9.44. The van der Waals surface area contributed by atoms with E-state index in [-0.39, 0.29) is 0 Å². The molecule has 1 aromatic carbocycles. The topological polar surface area (TPSA) is 86.6 Å². The summed E-state index contributed by atoms with van der Waals surface area (Å²) in [6.45, 7) is 0.660. The molecular weight excluding hydrogens is 267 g/mol. The van der Waals surface area contributed by atoms with Crippen molar-refractivity contribution in [2.45, 2.75) is 18.8 Å². The number of alkyl halides is 3. The summed E-state index contributed by atoms with van der Waals surface area (Å²) in [5.41, 5.74) is 1.98. The lowest BCUT2D eigenvalue weighted by Gasteiger charge is -2.04. The van der Waals surface area contributed by atoms with Crippen LogP contribution in [0.15, 0.2) is 24.3 Å². The number of halogens is 3. The molecule has 1 heterocycles. The highest BCUT2D eigenvalue weighted by Crippen LogP contribution is 2.24. The number of carboxylic acids is 2. The standard InChI is InChI=1S/C9H9NO2.C2HF3O2/c11-9(12)8-7-4-2-1-3-6(7)5-10-8;3-2(4,5)1(6)7/h1-4,8,10H,5H2,(H,11,12);(H,6,7). The van der Waals surface area contributed by atoms with Gasteiger partial charge in [0.1, 0.15) is 6.04 Å². The monoisotopic (exact) mass is 277 g/mol. The quantitative estimate of drug-likeness (QED) is 0.725. The van der Waals surface area contributed by atoms with Crippen LogP contribution >= 0.6 is 0 Å². The van der Waals surface area contributed by atoms with Crippen LogP contribution in [0.1, 0.15) is 17.2 Å². The molecule has 5 nitrogen and oxygen atoms in total. The summed E-state index contributed by atoms with van der Waals surface area (Å²) < 4.78 is 31.7. The van der Waals surface area contributed by atoms with E-state index in [1.165, 1.54) is 0 Å². The van der Waals surface area contributed by atoms with Gasteiger partial charge in [0.25, 0.3) is 0 Å². The maximum Gasteiger partial charge on any atom is 0.490 e. The zero-order valence-corrected chi connectivity index (χ0v) is 9.44. The first-order valence-corrected chi connectivity index (χ1v) is 5.07. The third-order valence-corrected chi connectivity index (χ3v) is 2.35. The molecule has 0 amide bonds. The van der Waals surface area contributed by atoms with Crippen LogP contribution in [0.25, 0.3) is 0 Å². The van der Waals surface area contributed by atoms with E-state index in [1.807, 2.05) is 24.3 Å². The van der Waals surface area contributed by atoms with Gasteiger partial charge < -0.3 is 10.2 Å². The van der Waals surface area contributed by atoms with Gasteiger partial charge in [0.05, 0.1) is 0 Å². The first-order valence-electron chi connectivity index (χ1n) is 5.07. The highest BCUT2D eigenvalue weighted by Gasteiger charge is 2.38. The fraction of sp³-hybridized carbons (Fsp3) is 0.273. The van der Waals surface area contributed by atoms with Crippen molar-refractivity contribution in [3.05, 3.63) is 35.4 Å². The van der Waals surface area contributed by atoms with Crippen molar-refractivity contribution in [2.75, 3.05) is 0 Å². The van der Waals surface area contributed by atoms with Crippen LogP contribution in [0.2, 0.25) is 0 Å². The van der Waals surface area contributed by atoms with Crippen LogP contribution in [0.5, 0.6) is 0 Å². The largest absolute Gasteiger partial charge is 0.490 e. The van der Waals surface area contributed by atoms with Crippen LogP contribution in [0, 0.1) is 0 Å². The second kappa shape index (κ2) is 5.70. The molecule has 2 rings (SSSR count). The first kappa shape index (κ1) is 15.0. The van der Waals surface area contributed by atoms with Crippen molar-refractivity contribution >= 4 is 11.9 Å². The number of nitrogens with one attached hydrogen (secondary N) is 1. The van der Waals surface area contributed by atoms with Crippen molar-refractivity contribution in [1.29, 1.82) is 0 Å². The number of rotatable bonds is 1. The number of benzene rings is 1. The van der Waals surface area contributed by atoms with Crippen LogP contribution in [0.3, 0.4) is 0 Å². The molecule has 0 saturated heterocycles. The number of carbonyl (C=O) groups is 2. The van der Waals surface area contributed by atoms with Gasteiger partial charge in [-0.15, -0.1) is 0 Å². The Morgan fingerprint density at radius 3 is 2.21 bits per heavy atom. The second-order valence-corrected chi connectivity index (χ2v) is 3.65. The minimum absolute atomic E-state index is 0.513. The molecule has 1 unspecified atom stereocenters. The second-order valence-electron chi connectivity index (χ2n) is 3.65. The predicted octanol–water partition coefficient (Wildman–Crippen LogP) is 1.55. The van der Waals surface area contributed by atoms with Crippen molar-refractivity contribution in [2.24, 2.45) is 0 Å². The molecule has 1 aliphatic rings. The van der Waals surface area contributed by atoms with E-state index >= 15 is 0 Å². The highest BCUT2D eigenvalue weighted by molar-refractivity contribution is 5.77. The summed E-state index contributed by atoms with van der Waals surface area (Å²) in [7, 11) is 0. The number of hydrogen-bond donors (Lipinski definition) is 3. The predicted molar refractivity (Wildman–Crippen MR) is 57.3 cm³/mol. The van der Waals surface area contributed by atoms with Crippen LogP contribution < -0.4 is 5.32 Å². The Labute approximate surface area is 105 Å². The fourth-order valence-electron chi connectivity index (χ4n) is 1.52. The Bertz CT molecular complexity index is 487. The van der Waals surface area contributed by atoms with E-state index < -0.39 is 24.2 Å². The summed E-state index contributed by atoms with van der Waals surface area (Å²) in [4.78, 5) is 19.6. The van der Waals surface area contributed by atoms with Gasteiger partial charge in [0.2, 0.25) is 0 Å². The van der Waals surface area contributed by atoms with Crippen molar-refractivity contribution in [3.63, 3.8) is 0 Å². The summed E-state index contributed by atoms with van der Waals surface area (Å²) in [5.74, 6) is -3.56. The molecule has 0 saturated carbocycles. The number of fused-ring (bicyclic) bond motifs is 1. The molecule has 0 aliphatic carbocycles. The smallest absolute Gasteiger partial charge is 0.480 e. The molecule has 0 spiro atoms. The van der Waals surface area contributed by atoms with Gasteiger partial charge in [-0.25, -0.2) is 4.79 Å². The molecule has 1 aliphatic heterocycles. The molecule has 1 aromatic rings. The maximum atomic E-state index is 10.7. The Balaban J connectivity index is 0.000000224. The number of carboxylic acid groups (broad SMARTS) is 2. The van der Waals surface area contributed by atoms with Gasteiger partial charge in [0, 0.05) is 6.54 Å². The Morgan fingerprint density at radius 2 is 1.74 bits per heavy atom. The van der Waals surface area contributed by atoms with E-state index in [4.69, 9.17) is 15.0 Å². The van der Waals surface area contributed by atoms with Crippen molar-refractivity contribution in [1.82, 2.24) is 5.32 Å². The Kier molecular flexibility index (Phi) is 4.49. The van der Waals surface area contributed by atoms with Gasteiger partial charge >= 0.3 is 18.1 Å². The molecule has 19 heavy (non-hydrogen) atoms. The maximum absolute atomic E-state index is 10.7. The Hall–Kier alpha value is -2.09. The van der Waals surface area contributed by atoms with Gasteiger partial charge in [-0.2, -0.15) is 13.2 Å². The molecule has 0 radical (unpaired) electrons. The van der Waals surface area contributed by atoms with Crippen LogP contribution in [-0.4, -0.2) is 28.3 Å². The van der Waals surface area contributed by atoms with E-state index in [0.29, 0.717) is 6.54 Å². The minimum atomic E-state index is -5.08. The highest BCUT2D eigenvalue weighted by atomic mass is 19.4. The van der Waals surface area contributed by atoms with Crippen molar-refractivity contribution in [3.8, 4) is 0 Å². The first-order chi connectivity index (χ1) is 8.73. The molecule has 8 heteroatoms. The van der Waals surface area contributed by atoms with Gasteiger partial charge in [-0.1, -0.05) is 24.3 Å². The average molecular weight is 277 g/mol. The third kappa shape index (κ3) is 3.95. The van der Waals surface area contributed by atoms with E-state index in [9.17, 15) is 18.0 Å². The average Bonchev–Trinajstić information content (AvgIpc) is 2.72. The van der Waals surface area contributed by atoms with E-state index in [1.54, 1.807) is 0 Å². The third-order valence-electron chi connectivity index (χ3n) is 2.35. The fourth-order valence-corrected chi connectivity index (χ4v) is 1.52. The normalized spacial score (nSPS) is 17.1. The zero-order chi connectivity index (χ0) is 14.6. The summed E-state index contributed by atoms with van der Waals surface area (Å²) >= 11 is 0. The van der Waals surface area contributed by atoms with Gasteiger partial charge in [-0.3, -0.25) is 10.1 Å². The van der Waals surface area contributed by atoms with E-state index in [0.717, 1.165) is 11.1 Å². The van der Waals surface area contributed by atoms with Crippen LogP contribution in [0.4, 0.5) is 13.2 Å². The van der Waals surface area contributed by atoms with E-state index in [2.05, 4.69) is 5.32 Å². The molecule has 1 atom stereocenters. The molecule has 3 N–H and O–H groups in total. The number of aliphatic carboxylic acids is 2. The minimum Gasteiger partial charge on any atom is -0.480 e. The summed E-state index contributed by atoms with van der Waals surface area (Å²) in [6, 6.07) is 7.08. The summed E-state index contributed by atoms with van der Waals surface area (Å²) in [5, 5.41) is 18.8. The molecule has 0 aromatic heterocycles. The SMILES string of the molecule is O=C(O)C(F)(F)F.O=C(O)C1NCc2ccccc21. The molecule has 0 bridgehead atoms. The lowest BCUT2D eigenvalue weighted by Crippen LogP contribution is -2.21. The van der Waals surface area contributed by atoms with Crippen molar-refractivity contribution < 1.29 is 33.0 Å². The lowest BCUT2D eigenvalue weighted by atomic mass is 10.1. The molecule has 0 fully saturated rings. The molecule has 104 valence electrons.